The summed E-state index contributed by atoms with van der Waals surface area (Å²) in [6.45, 7) is 4.36. The number of rotatable bonds is 5. The molecule has 2 aliphatic rings. The summed E-state index contributed by atoms with van der Waals surface area (Å²) in [7, 11) is 1.83. The lowest BCUT2D eigenvalue weighted by molar-refractivity contribution is -0.127. The van der Waals surface area contributed by atoms with Crippen LogP contribution in [0.2, 0.25) is 0 Å². The topological polar surface area (TPSA) is 90.5 Å². The number of carbonyl (C=O) groups excluding carboxylic acids is 2. The van der Waals surface area contributed by atoms with E-state index in [-0.39, 0.29) is 30.0 Å². The Bertz CT molecular complexity index is 981. The van der Waals surface area contributed by atoms with E-state index in [0.29, 0.717) is 26.1 Å². The van der Waals surface area contributed by atoms with Gasteiger partial charge in [-0.15, -0.1) is 0 Å². The molecule has 0 spiro atoms. The molecule has 0 saturated carbocycles. The Labute approximate surface area is 180 Å². The minimum Gasteiger partial charge on any atom is -0.373 e. The second kappa shape index (κ2) is 8.97. The fourth-order valence-corrected chi connectivity index (χ4v) is 4.23. The summed E-state index contributed by atoms with van der Waals surface area (Å²) < 4.78 is 13.8. The van der Waals surface area contributed by atoms with Gasteiger partial charge in [-0.1, -0.05) is 12.1 Å². The minimum atomic E-state index is -0.450. The summed E-state index contributed by atoms with van der Waals surface area (Å²) >= 11 is 0. The van der Waals surface area contributed by atoms with Crippen LogP contribution in [0.3, 0.4) is 0 Å². The maximum absolute atomic E-state index is 13.8. The number of aromatic nitrogens is 2. The number of nitrogens with one attached hydrogen (secondary N) is 2. The van der Waals surface area contributed by atoms with Crippen molar-refractivity contribution < 1.29 is 14.0 Å². The van der Waals surface area contributed by atoms with E-state index < -0.39 is 5.82 Å². The fraction of sp³-hybridized carbons (Fsp3) is 0.455. The van der Waals surface area contributed by atoms with Crippen molar-refractivity contribution >= 4 is 23.3 Å². The number of amides is 2. The van der Waals surface area contributed by atoms with Gasteiger partial charge in [-0.25, -0.2) is 14.4 Å². The molecule has 0 radical (unpaired) electrons. The average Bonchev–Trinajstić information content (AvgIpc) is 3.25. The van der Waals surface area contributed by atoms with Crippen LogP contribution in [0.15, 0.2) is 24.3 Å². The summed E-state index contributed by atoms with van der Waals surface area (Å²) in [6.07, 6.45) is 1.57. The molecule has 1 aromatic heterocycles. The van der Waals surface area contributed by atoms with E-state index in [1.165, 1.54) is 6.07 Å². The highest BCUT2D eigenvalue weighted by Gasteiger charge is 2.30. The van der Waals surface area contributed by atoms with Crippen LogP contribution in [0, 0.1) is 5.82 Å². The molecule has 1 aromatic carbocycles. The number of nitrogens with zero attached hydrogens (tertiary/aromatic N) is 4. The van der Waals surface area contributed by atoms with Crippen LogP contribution in [0.1, 0.15) is 36.3 Å². The zero-order chi connectivity index (χ0) is 22.0. The molecule has 2 aliphatic heterocycles. The molecule has 31 heavy (non-hydrogen) atoms. The number of anilines is 2. The van der Waals surface area contributed by atoms with Crippen LogP contribution >= 0.6 is 0 Å². The van der Waals surface area contributed by atoms with E-state index in [9.17, 15) is 14.0 Å². The first-order chi connectivity index (χ1) is 14.9. The van der Waals surface area contributed by atoms with Gasteiger partial charge >= 0.3 is 0 Å². The Morgan fingerprint density at radius 3 is 2.74 bits per heavy atom. The zero-order valence-electron chi connectivity index (χ0n) is 17.8. The van der Waals surface area contributed by atoms with Crippen molar-refractivity contribution in [3.8, 4) is 0 Å². The molecule has 9 heteroatoms. The SMILES string of the molecule is CNc1nc([C@H]2CCN(C(C)=O)C2)nc2c1CN(CC(=O)Nc1ccccc1F)CC2. The summed E-state index contributed by atoms with van der Waals surface area (Å²) in [6, 6.07) is 6.14. The minimum absolute atomic E-state index is 0.0820. The predicted octanol–water partition coefficient (Wildman–Crippen LogP) is 1.99. The van der Waals surface area contributed by atoms with Gasteiger partial charge in [0.2, 0.25) is 11.8 Å². The van der Waals surface area contributed by atoms with Gasteiger partial charge in [-0.2, -0.15) is 0 Å². The predicted molar refractivity (Wildman–Crippen MR) is 115 cm³/mol. The van der Waals surface area contributed by atoms with Gasteiger partial charge in [0.05, 0.1) is 17.9 Å². The quantitative estimate of drug-likeness (QED) is 0.760. The van der Waals surface area contributed by atoms with Crippen molar-refractivity contribution in [1.29, 1.82) is 0 Å². The maximum atomic E-state index is 13.8. The number of hydrogen-bond donors (Lipinski definition) is 2. The molecule has 1 fully saturated rings. The molecule has 4 rings (SSSR count). The van der Waals surface area contributed by atoms with Crippen LogP contribution < -0.4 is 10.6 Å². The summed E-state index contributed by atoms with van der Waals surface area (Å²) in [5, 5.41) is 5.80. The Balaban J connectivity index is 1.45. The first-order valence-electron chi connectivity index (χ1n) is 10.5. The smallest absolute Gasteiger partial charge is 0.238 e. The largest absolute Gasteiger partial charge is 0.373 e. The lowest BCUT2D eigenvalue weighted by Crippen LogP contribution is -2.38. The Morgan fingerprint density at radius 1 is 1.23 bits per heavy atom. The highest BCUT2D eigenvalue weighted by Crippen LogP contribution is 2.30. The van der Waals surface area contributed by atoms with Gasteiger partial charge in [0.15, 0.2) is 0 Å². The molecule has 0 unspecified atom stereocenters. The normalized spacial score (nSPS) is 18.5. The molecule has 0 aliphatic carbocycles. The summed E-state index contributed by atoms with van der Waals surface area (Å²) in [5.41, 5.74) is 2.16. The second-order valence-electron chi connectivity index (χ2n) is 8.04. The second-order valence-corrected chi connectivity index (χ2v) is 8.04. The van der Waals surface area contributed by atoms with Gasteiger partial charge in [0.1, 0.15) is 17.5 Å². The van der Waals surface area contributed by atoms with Crippen LogP contribution in [0.4, 0.5) is 15.9 Å². The van der Waals surface area contributed by atoms with Gasteiger partial charge < -0.3 is 15.5 Å². The van der Waals surface area contributed by atoms with E-state index >= 15 is 0 Å². The molecular weight excluding hydrogens is 399 g/mol. The van der Waals surface area contributed by atoms with Crippen molar-refractivity contribution in [3.63, 3.8) is 0 Å². The maximum Gasteiger partial charge on any atom is 0.238 e. The van der Waals surface area contributed by atoms with Crippen LogP contribution in [-0.4, -0.2) is 64.8 Å². The third kappa shape index (κ3) is 4.66. The van der Waals surface area contributed by atoms with Gasteiger partial charge in [0.25, 0.3) is 0 Å². The monoisotopic (exact) mass is 426 g/mol. The molecule has 2 aromatic rings. The Hall–Kier alpha value is -3.07. The molecule has 3 heterocycles. The number of halogens is 1. The Kier molecular flexibility index (Phi) is 6.13. The number of para-hydroxylation sites is 1. The van der Waals surface area contributed by atoms with Crippen LogP contribution in [0.25, 0.3) is 0 Å². The van der Waals surface area contributed by atoms with Crippen LogP contribution in [-0.2, 0) is 22.6 Å². The highest BCUT2D eigenvalue weighted by molar-refractivity contribution is 5.92. The molecule has 164 valence electrons. The van der Waals surface area contributed by atoms with Crippen molar-refractivity contribution in [1.82, 2.24) is 19.8 Å². The first-order valence-corrected chi connectivity index (χ1v) is 10.5. The van der Waals surface area contributed by atoms with Gasteiger partial charge in [-0.3, -0.25) is 14.5 Å². The number of carbonyl (C=O) groups is 2. The number of fused-ring (bicyclic) bond motifs is 1. The van der Waals surface area contributed by atoms with Crippen LogP contribution in [0.5, 0.6) is 0 Å². The van der Waals surface area contributed by atoms with Gasteiger partial charge in [0, 0.05) is 58.1 Å². The van der Waals surface area contributed by atoms with Gasteiger partial charge in [-0.05, 0) is 18.6 Å². The molecular formula is C22H27FN6O2. The van der Waals surface area contributed by atoms with Crippen molar-refractivity contribution in [2.24, 2.45) is 0 Å². The van der Waals surface area contributed by atoms with Crippen molar-refractivity contribution in [2.75, 3.05) is 43.9 Å². The van der Waals surface area contributed by atoms with E-state index in [1.807, 2.05) is 16.8 Å². The molecule has 1 atom stereocenters. The number of benzene rings is 1. The van der Waals surface area contributed by atoms with Crippen molar-refractivity contribution in [3.05, 3.63) is 47.2 Å². The first kappa shape index (κ1) is 21.2. The fourth-order valence-electron chi connectivity index (χ4n) is 4.23. The third-order valence-corrected chi connectivity index (χ3v) is 5.91. The third-order valence-electron chi connectivity index (χ3n) is 5.91. The zero-order valence-corrected chi connectivity index (χ0v) is 17.8. The molecule has 2 N–H and O–H groups in total. The average molecular weight is 426 g/mol. The molecule has 1 saturated heterocycles. The highest BCUT2D eigenvalue weighted by atomic mass is 19.1. The lowest BCUT2D eigenvalue weighted by Gasteiger charge is -2.29. The summed E-state index contributed by atoms with van der Waals surface area (Å²) in [5.74, 6) is 1.06. The molecule has 2 amide bonds. The molecule has 0 bridgehead atoms. The number of hydrogen-bond acceptors (Lipinski definition) is 6. The standard InChI is InChI=1S/C22H27FN6O2/c1-14(30)29-10-7-15(11-29)21-26-18-8-9-28(12-16(18)22(24-2)27-21)13-20(31)25-19-6-4-3-5-17(19)23/h3-6,15H,7-13H2,1-2H3,(H,25,31)(H,24,26,27)/t15-/m0/s1. The van der Waals surface area contributed by atoms with E-state index in [2.05, 4.69) is 10.6 Å². The molecule has 8 nitrogen and oxygen atoms in total. The lowest BCUT2D eigenvalue weighted by atomic mass is 10.0. The summed E-state index contributed by atoms with van der Waals surface area (Å²) in [4.78, 5) is 37.5. The number of likely N-dealkylation sites (tertiary alicyclic amines) is 1. The van der Waals surface area contributed by atoms with E-state index in [4.69, 9.17) is 9.97 Å². The van der Waals surface area contributed by atoms with E-state index in [1.54, 1.807) is 25.1 Å². The van der Waals surface area contributed by atoms with E-state index in [0.717, 1.165) is 35.9 Å². The Morgan fingerprint density at radius 2 is 2.03 bits per heavy atom. The van der Waals surface area contributed by atoms with Crippen molar-refractivity contribution in [2.45, 2.75) is 32.2 Å².